The molecule has 40 heavy (non-hydrogen) atoms. The summed E-state index contributed by atoms with van der Waals surface area (Å²) in [6.07, 6.45) is 1.99. The van der Waals surface area contributed by atoms with Gasteiger partial charge in [0, 0.05) is 37.4 Å². The molecule has 1 aliphatic rings. The van der Waals surface area contributed by atoms with Crippen molar-refractivity contribution in [1.82, 2.24) is 24.4 Å². The van der Waals surface area contributed by atoms with E-state index in [1.807, 2.05) is 38.7 Å². The van der Waals surface area contributed by atoms with Gasteiger partial charge in [0.25, 0.3) is 5.91 Å². The third kappa shape index (κ3) is 4.72. The lowest BCUT2D eigenvalue weighted by molar-refractivity contribution is -0.139. The number of carbonyl (C=O) groups is 2. The summed E-state index contributed by atoms with van der Waals surface area (Å²) in [5, 5.41) is 0.685. The van der Waals surface area contributed by atoms with Crippen LogP contribution in [0.1, 0.15) is 37.9 Å². The number of aromatic nitrogens is 4. The lowest BCUT2D eigenvalue weighted by Gasteiger charge is -2.40. The van der Waals surface area contributed by atoms with Gasteiger partial charge in [-0.05, 0) is 49.6 Å². The molecular weight excluding hydrogens is 535 g/mol. The number of amides is 1. The second-order valence-electron chi connectivity index (χ2n) is 10.2. The third-order valence-corrected chi connectivity index (χ3v) is 7.46. The van der Waals surface area contributed by atoms with E-state index in [0.29, 0.717) is 35.4 Å². The topological polar surface area (TPSA) is 101 Å². The number of piperazine rings is 1. The number of halogens is 2. The average molecular weight is 563 g/mol. The highest BCUT2D eigenvalue weighted by Crippen LogP contribution is 2.36. The molecule has 1 unspecified atom stereocenters. The zero-order chi connectivity index (χ0) is 28.7. The molecule has 0 saturated carbocycles. The molecule has 1 aliphatic heterocycles. The number of pyridine rings is 2. The lowest BCUT2D eigenvalue weighted by Crippen LogP contribution is -2.54. The number of rotatable bonds is 5. The summed E-state index contributed by atoms with van der Waals surface area (Å²) in [5.41, 5.74) is 2.14. The zero-order valence-electron chi connectivity index (χ0n) is 22.6. The Balaban J connectivity index is 1.81. The fourth-order valence-electron chi connectivity index (χ4n) is 5.20. The van der Waals surface area contributed by atoms with Gasteiger partial charge in [-0.1, -0.05) is 37.6 Å². The van der Waals surface area contributed by atoms with Crippen LogP contribution >= 0.6 is 11.6 Å². The van der Waals surface area contributed by atoms with Gasteiger partial charge in [0.2, 0.25) is 6.29 Å². The number of aryl methyl sites for hydroxylation is 1. The van der Waals surface area contributed by atoms with Crippen LogP contribution in [0, 0.1) is 12.7 Å². The van der Waals surface area contributed by atoms with Crippen LogP contribution in [0.25, 0.3) is 28.0 Å². The van der Waals surface area contributed by atoms with E-state index in [2.05, 4.69) is 9.97 Å². The summed E-state index contributed by atoms with van der Waals surface area (Å²) in [6, 6.07) is 9.38. The predicted molar refractivity (Wildman–Crippen MR) is 152 cm³/mol. The van der Waals surface area contributed by atoms with Crippen LogP contribution in [0.15, 0.2) is 47.4 Å². The first-order valence-electron chi connectivity index (χ1n) is 13.0. The van der Waals surface area contributed by atoms with Gasteiger partial charge in [0.05, 0.1) is 27.5 Å². The highest BCUT2D eigenvalue weighted by Gasteiger charge is 2.31. The third-order valence-electron chi connectivity index (χ3n) is 7.17. The van der Waals surface area contributed by atoms with E-state index in [-0.39, 0.29) is 47.0 Å². The Hall–Kier alpha value is -4.18. The first-order valence-corrected chi connectivity index (χ1v) is 13.3. The van der Waals surface area contributed by atoms with E-state index < -0.39 is 17.4 Å². The van der Waals surface area contributed by atoms with Crippen molar-refractivity contribution in [2.45, 2.75) is 39.7 Å². The minimum atomic E-state index is -0.591. The van der Waals surface area contributed by atoms with Crippen LogP contribution < -0.4 is 10.6 Å². The Morgan fingerprint density at radius 1 is 1.18 bits per heavy atom. The number of hydrogen-bond donors (Lipinski definition) is 0. The number of fused-ring (bicyclic) bond motifs is 1. The fraction of sp³-hybridized carbons (Fsp3) is 0.310. The summed E-state index contributed by atoms with van der Waals surface area (Å²) >= 11 is 6.72. The van der Waals surface area contributed by atoms with Crippen LogP contribution in [-0.2, 0) is 9.59 Å². The summed E-state index contributed by atoms with van der Waals surface area (Å²) in [6.45, 7) is 8.62. The van der Waals surface area contributed by atoms with Crippen LogP contribution in [0.5, 0.6) is 0 Å². The van der Waals surface area contributed by atoms with Gasteiger partial charge in [0.1, 0.15) is 11.6 Å². The Kier molecular flexibility index (Phi) is 7.37. The largest absolute Gasteiger partial charge is 0.355 e. The van der Waals surface area contributed by atoms with Gasteiger partial charge in [0.15, 0.2) is 5.65 Å². The number of anilines is 1. The van der Waals surface area contributed by atoms with Crippen LogP contribution in [0.3, 0.4) is 0 Å². The van der Waals surface area contributed by atoms with E-state index in [1.165, 1.54) is 15.5 Å². The normalized spacial score (nSPS) is 15.6. The van der Waals surface area contributed by atoms with E-state index in [1.54, 1.807) is 30.5 Å². The van der Waals surface area contributed by atoms with Crippen molar-refractivity contribution in [2.75, 3.05) is 24.5 Å². The SMILES string of the molecule is Cc1ccnc(C(C)C)c1-n1c(=O)nc(N2CCN(C(=O)C=O)CC2C)c2cc(Cl)c(-c3ccccc3F)nc21. The van der Waals surface area contributed by atoms with Crippen molar-refractivity contribution in [2.24, 2.45) is 0 Å². The second kappa shape index (κ2) is 10.8. The first kappa shape index (κ1) is 27.4. The van der Waals surface area contributed by atoms with Gasteiger partial charge in [-0.2, -0.15) is 4.98 Å². The maximum Gasteiger partial charge on any atom is 0.355 e. The van der Waals surface area contributed by atoms with Crippen LogP contribution in [0.4, 0.5) is 10.2 Å². The molecule has 1 fully saturated rings. The quantitative estimate of drug-likeness (QED) is 0.264. The molecular formula is C29H28ClFN6O3. The Bertz CT molecular complexity index is 1710. The van der Waals surface area contributed by atoms with Gasteiger partial charge in [-0.15, -0.1) is 0 Å². The van der Waals surface area contributed by atoms with Gasteiger partial charge in [-0.25, -0.2) is 18.7 Å². The van der Waals surface area contributed by atoms with E-state index >= 15 is 0 Å². The fourth-order valence-corrected chi connectivity index (χ4v) is 5.45. The molecule has 0 radical (unpaired) electrons. The minimum Gasteiger partial charge on any atom is -0.350 e. The van der Waals surface area contributed by atoms with E-state index in [4.69, 9.17) is 16.6 Å². The predicted octanol–water partition coefficient (Wildman–Crippen LogP) is 4.30. The van der Waals surface area contributed by atoms with Crippen LogP contribution in [0.2, 0.25) is 5.02 Å². The van der Waals surface area contributed by atoms with E-state index in [0.717, 1.165) is 5.56 Å². The van der Waals surface area contributed by atoms with E-state index in [9.17, 15) is 18.8 Å². The number of benzene rings is 1. The molecule has 206 valence electrons. The minimum absolute atomic E-state index is 0.0154. The first-order chi connectivity index (χ1) is 19.1. The van der Waals surface area contributed by atoms with Gasteiger partial charge in [-0.3, -0.25) is 14.6 Å². The van der Waals surface area contributed by atoms with Gasteiger partial charge >= 0.3 is 5.69 Å². The highest BCUT2D eigenvalue weighted by atomic mass is 35.5. The summed E-state index contributed by atoms with van der Waals surface area (Å²) in [5.74, 6) is -0.751. The molecule has 4 heterocycles. The molecule has 0 aliphatic carbocycles. The molecule has 5 rings (SSSR count). The van der Waals surface area contributed by atoms with Crippen molar-refractivity contribution < 1.29 is 14.0 Å². The molecule has 9 nitrogen and oxygen atoms in total. The smallest absolute Gasteiger partial charge is 0.350 e. The van der Waals surface area contributed by atoms with Crippen molar-refractivity contribution in [1.29, 1.82) is 0 Å². The average Bonchev–Trinajstić information content (AvgIpc) is 2.93. The molecule has 3 aromatic heterocycles. The van der Waals surface area contributed by atoms with Crippen molar-refractivity contribution >= 4 is 40.6 Å². The molecule has 4 aromatic rings. The van der Waals surface area contributed by atoms with Crippen molar-refractivity contribution in [3.8, 4) is 16.9 Å². The molecule has 1 saturated heterocycles. The Morgan fingerprint density at radius 3 is 2.60 bits per heavy atom. The standard InChI is InChI=1S/C29H28ClFN6O3/c1-16(2)24-26(17(3)9-10-32-24)37-28-20(13-21(30)25(33-28)19-7-5-6-8-22(19)31)27(34-29(37)40)36-12-11-35(14-18(36)4)23(39)15-38/h5-10,13,15-16,18H,11-12,14H2,1-4H3. The molecule has 1 atom stereocenters. The molecule has 0 bridgehead atoms. The second-order valence-corrected chi connectivity index (χ2v) is 10.6. The number of nitrogens with zero attached hydrogens (tertiary/aromatic N) is 6. The molecule has 0 N–H and O–H groups in total. The summed E-state index contributed by atoms with van der Waals surface area (Å²) in [7, 11) is 0. The van der Waals surface area contributed by atoms with Gasteiger partial charge < -0.3 is 9.80 Å². The highest BCUT2D eigenvalue weighted by molar-refractivity contribution is 6.34. The molecule has 1 amide bonds. The molecule has 11 heteroatoms. The summed E-state index contributed by atoms with van der Waals surface area (Å²) < 4.78 is 16.3. The Labute approximate surface area is 235 Å². The van der Waals surface area contributed by atoms with Crippen molar-refractivity contribution in [3.63, 3.8) is 0 Å². The number of hydrogen-bond acceptors (Lipinski definition) is 7. The Morgan fingerprint density at radius 2 is 1.93 bits per heavy atom. The number of carbonyl (C=O) groups excluding carboxylic acids is 2. The molecule has 0 spiro atoms. The maximum absolute atomic E-state index is 14.9. The van der Waals surface area contributed by atoms with Crippen molar-refractivity contribution in [3.05, 3.63) is 75.2 Å². The monoisotopic (exact) mass is 562 g/mol. The lowest BCUT2D eigenvalue weighted by atomic mass is 10.0. The maximum atomic E-state index is 14.9. The van der Waals surface area contributed by atoms with Crippen LogP contribution in [-0.4, -0.2) is 62.3 Å². The summed E-state index contributed by atoms with van der Waals surface area (Å²) in [4.78, 5) is 54.2. The molecule has 1 aromatic carbocycles. The number of aldehydes is 1. The zero-order valence-corrected chi connectivity index (χ0v) is 23.3.